The summed E-state index contributed by atoms with van der Waals surface area (Å²) in [5.74, 6) is 0.156. The van der Waals surface area contributed by atoms with Gasteiger partial charge in [0.1, 0.15) is 16.7 Å². The largest absolute Gasteiger partial charge is 0.350 e. The Labute approximate surface area is 237 Å². The monoisotopic (exact) mass is 567 g/mol. The number of hydrogen-bond acceptors (Lipinski definition) is 5. The van der Waals surface area contributed by atoms with Crippen LogP contribution >= 0.6 is 22.9 Å². The Morgan fingerprint density at radius 2 is 2.03 bits per heavy atom. The topological polar surface area (TPSA) is 69.1 Å². The van der Waals surface area contributed by atoms with Gasteiger partial charge in [-0.05, 0) is 37.1 Å². The summed E-state index contributed by atoms with van der Waals surface area (Å²) < 4.78 is 14.9. The van der Waals surface area contributed by atoms with Crippen molar-refractivity contribution in [3.63, 3.8) is 0 Å². The molecule has 10 heteroatoms. The molecule has 0 aliphatic carbocycles. The van der Waals surface area contributed by atoms with Crippen molar-refractivity contribution >= 4 is 51.8 Å². The lowest BCUT2D eigenvalue weighted by Crippen LogP contribution is -2.55. The Morgan fingerprint density at radius 1 is 1.28 bits per heavy atom. The van der Waals surface area contributed by atoms with E-state index in [-0.39, 0.29) is 17.9 Å². The second kappa shape index (κ2) is 12.1. The summed E-state index contributed by atoms with van der Waals surface area (Å²) in [6, 6.07) is 9.80. The SMILES string of the molecule is C=CC(=O)N1CCN(/C(=N/C)c2cc(Cl)c(-c3ccccc3F)cc2N(C=O)c2scnc2C(C)C)C(C)C1. The van der Waals surface area contributed by atoms with E-state index in [1.54, 1.807) is 47.8 Å². The van der Waals surface area contributed by atoms with E-state index in [0.717, 1.165) is 12.1 Å². The zero-order chi connectivity index (χ0) is 28.3. The maximum atomic E-state index is 14.9. The van der Waals surface area contributed by atoms with E-state index in [9.17, 15) is 14.0 Å². The lowest BCUT2D eigenvalue weighted by Gasteiger charge is -2.41. The van der Waals surface area contributed by atoms with Gasteiger partial charge >= 0.3 is 0 Å². The molecule has 2 heterocycles. The number of aromatic nitrogens is 1. The van der Waals surface area contributed by atoms with Crippen LogP contribution in [0, 0.1) is 5.82 Å². The standard InChI is InChI=1S/C29H31ClFN5O2S/c1-6-26(38)34-11-12-35(19(4)15-34)28(32-5)22-13-23(30)21(20-9-7-8-10-24(20)31)14-25(22)36(17-37)29-27(18(2)3)33-16-39-29/h6-10,13-14,16-19H,1,11-12,15H2,2-5H3/b32-28+. The predicted molar refractivity (Wildman–Crippen MR) is 157 cm³/mol. The normalized spacial score (nSPS) is 16.0. The summed E-state index contributed by atoms with van der Waals surface area (Å²) in [6.07, 6.45) is 2.06. The molecule has 2 amide bonds. The van der Waals surface area contributed by atoms with Gasteiger partial charge in [0.2, 0.25) is 12.3 Å². The van der Waals surface area contributed by atoms with E-state index in [4.69, 9.17) is 11.6 Å². The molecule has 1 saturated heterocycles. The zero-order valence-electron chi connectivity index (χ0n) is 22.4. The Kier molecular flexibility index (Phi) is 8.82. The van der Waals surface area contributed by atoms with Crippen LogP contribution in [-0.4, -0.2) is 65.7 Å². The van der Waals surface area contributed by atoms with Gasteiger partial charge in [0, 0.05) is 54.4 Å². The highest BCUT2D eigenvalue weighted by Crippen LogP contribution is 2.41. The molecule has 1 atom stereocenters. The number of carbonyl (C=O) groups is 2. The van der Waals surface area contributed by atoms with Gasteiger partial charge in [0.25, 0.3) is 0 Å². The van der Waals surface area contributed by atoms with Crippen LogP contribution in [0.5, 0.6) is 0 Å². The van der Waals surface area contributed by atoms with Crippen molar-refractivity contribution in [2.45, 2.75) is 32.7 Å². The highest BCUT2D eigenvalue weighted by Gasteiger charge is 2.31. The summed E-state index contributed by atoms with van der Waals surface area (Å²) in [6.45, 7) is 11.2. The highest BCUT2D eigenvalue weighted by atomic mass is 35.5. The second-order valence-electron chi connectivity index (χ2n) is 9.58. The average Bonchev–Trinajstić information content (AvgIpc) is 3.41. The molecule has 1 unspecified atom stereocenters. The van der Waals surface area contributed by atoms with Crippen LogP contribution in [0.3, 0.4) is 0 Å². The van der Waals surface area contributed by atoms with Gasteiger partial charge in [-0.3, -0.25) is 19.5 Å². The third-order valence-electron chi connectivity index (χ3n) is 6.79. The van der Waals surface area contributed by atoms with Gasteiger partial charge in [-0.25, -0.2) is 9.37 Å². The van der Waals surface area contributed by atoms with Crippen molar-refractivity contribution in [2.75, 3.05) is 31.6 Å². The maximum absolute atomic E-state index is 14.9. The van der Waals surface area contributed by atoms with E-state index < -0.39 is 5.82 Å². The van der Waals surface area contributed by atoms with E-state index in [0.29, 0.717) is 57.9 Å². The smallest absolute Gasteiger partial charge is 0.246 e. The third-order valence-corrected chi connectivity index (χ3v) is 7.95. The number of piperazine rings is 1. The Bertz CT molecular complexity index is 1420. The number of thiazole rings is 1. The Hall–Kier alpha value is -3.56. The first-order valence-electron chi connectivity index (χ1n) is 12.6. The lowest BCUT2D eigenvalue weighted by atomic mass is 9.99. The zero-order valence-corrected chi connectivity index (χ0v) is 24.0. The first-order chi connectivity index (χ1) is 18.7. The number of amidine groups is 1. The molecule has 1 aliphatic rings. The lowest BCUT2D eigenvalue weighted by molar-refractivity contribution is -0.128. The molecule has 0 N–H and O–H groups in total. The van der Waals surface area contributed by atoms with Crippen LogP contribution < -0.4 is 4.90 Å². The molecule has 204 valence electrons. The van der Waals surface area contributed by atoms with Crippen molar-refractivity contribution in [3.8, 4) is 11.1 Å². The molecule has 39 heavy (non-hydrogen) atoms. The molecule has 1 aliphatic heterocycles. The van der Waals surface area contributed by atoms with Gasteiger partial charge in [0.05, 0.1) is 16.9 Å². The van der Waals surface area contributed by atoms with Crippen LogP contribution in [0.25, 0.3) is 11.1 Å². The van der Waals surface area contributed by atoms with Gasteiger partial charge < -0.3 is 9.80 Å². The highest BCUT2D eigenvalue weighted by molar-refractivity contribution is 7.14. The number of benzene rings is 2. The maximum Gasteiger partial charge on any atom is 0.246 e. The molecule has 0 spiro atoms. The molecule has 2 aromatic carbocycles. The molecule has 4 rings (SSSR count). The van der Waals surface area contributed by atoms with Crippen LogP contribution in [0.2, 0.25) is 5.02 Å². The van der Waals surface area contributed by atoms with Gasteiger partial charge in [-0.1, -0.05) is 50.2 Å². The molecule has 3 aromatic rings. The van der Waals surface area contributed by atoms with E-state index in [2.05, 4.69) is 21.5 Å². The van der Waals surface area contributed by atoms with Crippen molar-refractivity contribution < 1.29 is 14.0 Å². The fourth-order valence-corrected chi connectivity index (χ4v) is 6.07. The molecule has 0 saturated carbocycles. The van der Waals surface area contributed by atoms with Crippen molar-refractivity contribution in [2.24, 2.45) is 4.99 Å². The predicted octanol–water partition coefficient (Wildman–Crippen LogP) is 6.12. The number of hydrogen-bond donors (Lipinski definition) is 0. The summed E-state index contributed by atoms with van der Waals surface area (Å²) in [5, 5.41) is 1.00. The summed E-state index contributed by atoms with van der Waals surface area (Å²) in [7, 11) is 1.68. The minimum atomic E-state index is -0.419. The van der Waals surface area contributed by atoms with Crippen molar-refractivity contribution in [1.29, 1.82) is 0 Å². The number of nitrogens with zero attached hydrogens (tertiary/aromatic N) is 5. The van der Waals surface area contributed by atoms with Crippen LogP contribution in [-0.2, 0) is 9.59 Å². The first kappa shape index (κ1) is 28.4. The Morgan fingerprint density at radius 3 is 2.64 bits per heavy atom. The number of halogens is 2. The van der Waals surface area contributed by atoms with Crippen LogP contribution in [0.1, 0.15) is 37.9 Å². The van der Waals surface area contributed by atoms with Crippen LogP contribution in [0.4, 0.5) is 15.1 Å². The molecular formula is C29H31ClFN5O2S. The summed E-state index contributed by atoms with van der Waals surface area (Å²) in [4.78, 5) is 39.5. The van der Waals surface area contributed by atoms with Gasteiger partial charge in [-0.2, -0.15) is 0 Å². The van der Waals surface area contributed by atoms with E-state index >= 15 is 0 Å². The fraction of sp³-hybridized carbons (Fsp3) is 0.310. The quantitative estimate of drug-likeness (QED) is 0.149. The second-order valence-corrected chi connectivity index (χ2v) is 10.8. The van der Waals surface area contributed by atoms with E-state index in [1.807, 2.05) is 20.8 Å². The molecular weight excluding hydrogens is 537 g/mol. The summed E-state index contributed by atoms with van der Waals surface area (Å²) >= 11 is 8.16. The molecule has 0 radical (unpaired) electrons. The van der Waals surface area contributed by atoms with Crippen molar-refractivity contribution in [1.82, 2.24) is 14.8 Å². The molecule has 0 bridgehead atoms. The van der Waals surface area contributed by atoms with Crippen molar-refractivity contribution in [3.05, 3.63) is 76.7 Å². The summed E-state index contributed by atoms with van der Waals surface area (Å²) in [5.41, 5.74) is 4.40. The molecule has 1 fully saturated rings. The van der Waals surface area contributed by atoms with E-state index in [1.165, 1.54) is 28.4 Å². The van der Waals surface area contributed by atoms with Gasteiger partial charge in [-0.15, -0.1) is 11.3 Å². The molecule has 7 nitrogen and oxygen atoms in total. The minimum absolute atomic E-state index is 0.0708. The average molecular weight is 568 g/mol. The first-order valence-corrected chi connectivity index (χ1v) is 13.9. The number of carbonyl (C=O) groups excluding carboxylic acids is 2. The fourth-order valence-electron chi connectivity index (χ4n) is 4.87. The Balaban J connectivity index is 1.90. The number of anilines is 2. The molecule has 1 aromatic heterocycles. The number of rotatable bonds is 7. The minimum Gasteiger partial charge on any atom is -0.350 e. The van der Waals surface area contributed by atoms with Crippen LogP contribution in [0.15, 0.2) is 59.6 Å². The third kappa shape index (κ3) is 5.60. The number of aliphatic imine (C=N–C) groups is 1. The van der Waals surface area contributed by atoms with Gasteiger partial charge in [0.15, 0.2) is 0 Å². The number of amides is 2.